The van der Waals surface area contributed by atoms with E-state index in [2.05, 4.69) is 10.6 Å². The molecule has 0 amide bonds. The van der Waals surface area contributed by atoms with Gasteiger partial charge in [0.25, 0.3) is 0 Å². The third-order valence-corrected chi connectivity index (χ3v) is 4.85. The third-order valence-electron chi connectivity index (χ3n) is 4.85. The van der Waals surface area contributed by atoms with E-state index in [4.69, 9.17) is 9.72 Å². The number of aliphatic hydroxyl groups is 1. The average molecular weight is 336 g/mol. The van der Waals surface area contributed by atoms with Crippen LogP contribution >= 0.6 is 0 Å². The van der Waals surface area contributed by atoms with E-state index >= 15 is 0 Å². The monoisotopic (exact) mass is 336 g/mol. The number of hydrogen-bond donors (Lipinski definition) is 1. The molecule has 3 aromatic rings. The Hall–Kier alpha value is -2.33. The van der Waals surface area contributed by atoms with Crippen molar-refractivity contribution in [2.45, 2.75) is 45.3 Å². The maximum atomic E-state index is 10.6. The standard InChI is InChI=1S/C21H24N2O2/c1-14-6-5-7-15(2)20(14)25-13-17(24)12-23-19-9-4-3-8-18(19)22-21(23)16-10-11-16/h3-9,16-17,24H,10-13H2,1-2H3/t17-/m0/s1. The molecule has 1 N–H and O–H groups in total. The van der Waals surface area contributed by atoms with Crippen molar-refractivity contribution in [3.8, 4) is 5.75 Å². The zero-order chi connectivity index (χ0) is 17.4. The van der Waals surface area contributed by atoms with Crippen LogP contribution in [0.4, 0.5) is 0 Å². The minimum Gasteiger partial charge on any atom is -0.490 e. The van der Waals surface area contributed by atoms with E-state index in [1.54, 1.807) is 0 Å². The summed E-state index contributed by atoms with van der Waals surface area (Å²) in [4.78, 5) is 4.79. The predicted octanol–water partition coefficient (Wildman–Crippen LogP) is 3.97. The van der Waals surface area contributed by atoms with Crippen LogP contribution in [0, 0.1) is 13.8 Å². The van der Waals surface area contributed by atoms with Crippen LogP contribution in [0.25, 0.3) is 11.0 Å². The Balaban J connectivity index is 1.52. The number of para-hydroxylation sites is 3. The van der Waals surface area contributed by atoms with Crippen molar-refractivity contribution in [1.82, 2.24) is 9.55 Å². The molecule has 0 radical (unpaired) electrons. The quantitative estimate of drug-likeness (QED) is 0.741. The Morgan fingerprint density at radius 1 is 1.12 bits per heavy atom. The summed E-state index contributed by atoms with van der Waals surface area (Å²) in [7, 11) is 0. The van der Waals surface area contributed by atoms with Gasteiger partial charge in [-0.3, -0.25) is 0 Å². The molecule has 1 heterocycles. The van der Waals surface area contributed by atoms with Crippen molar-refractivity contribution in [1.29, 1.82) is 0 Å². The number of nitrogens with zero attached hydrogens (tertiary/aromatic N) is 2. The second-order valence-electron chi connectivity index (χ2n) is 7.03. The number of imidazole rings is 1. The zero-order valence-electron chi connectivity index (χ0n) is 14.8. The molecule has 1 aromatic heterocycles. The van der Waals surface area contributed by atoms with Crippen LogP contribution in [0.1, 0.15) is 35.7 Å². The summed E-state index contributed by atoms with van der Waals surface area (Å²) in [6.07, 6.45) is 1.81. The van der Waals surface area contributed by atoms with Gasteiger partial charge in [0.05, 0.1) is 17.6 Å². The van der Waals surface area contributed by atoms with Crippen LogP contribution in [-0.2, 0) is 6.54 Å². The van der Waals surface area contributed by atoms with Crippen LogP contribution in [0.3, 0.4) is 0 Å². The van der Waals surface area contributed by atoms with Crippen LogP contribution in [-0.4, -0.2) is 27.4 Å². The molecular formula is C21H24N2O2. The number of aromatic nitrogens is 2. The van der Waals surface area contributed by atoms with Gasteiger partial charge in [0.1, 0.15) is 24.3 Å². The Kier molecular flexibility index (Phi) is 4.22. The summed E-state index contributed by atoms with van der Waals surface area (Å²) >= 11 is 0. The first-order valence-electron chi connectivity index (χ1n) is 8.95. The SMILES string of the molecule is Cc1cccc(C)c1OC[C@@H](O)Cn1c(C2CC2)nc2ccccc21. The number of aliphatic hydroxyl groups excluding tert-OH is 1. The average Bonchev–Trinajstić information content (AvgIpc) is 3.38. The molecule has 130 valence electrons. The third kappa shape index (κ3) is 3.27. The van der Waals surface area contributed by atoms with Gasteiger partial charge in [0.2, 0.25) is 0 Å². The second kappa shape index (κ2) is 6.52. The molecule has 2 aromatic carbocycles. The van der Waals surface area contributed by atoms with Crippen molar-refractivity contribution < 1.29 is 9.84 Å². The fraction of sp³-hybridized carbons (Fsp3) is 0.381. The first kappa shape index (κ1) is 16.2. The first-order chi connectivity index (χ1) is 12.1. The van der Waals surface area contributed by atoms with E-state index in [1.807, 2.05) is 50.2 Å². The lowest BCUT2D eigenvalue weighted by Gasteiger charge is -2.17. The highest BCUT2D eigenvalue weighted by molar-refractivity contribution is 5.76. The molecule has 1 atom stereocenters. The molecule has 1 saturated carbocycles. The molecule has 1 aliphatic carbocycles. The Morgan fingerprint density at radius 2 is 1.84 bits per heavy atom. The molecule has 1 fully saturated rings. The zero-order valence-corrected chi connectivity index (χ0v) is 14.8. The van der Waals surface area contributed by atoms with E-state index in [-0.39, 0.29) is 6.61 Å². The molecule has 4 rings (SSSR count). The smallest absolute Gasteiger partial charge is 0.125 e. The molecule has 4 nitrogen and oxygen atoms in total. The molecule has 0 aliphatic heterocycles. The number of ether oxygens (including phenoxy) is 1. The Bertz CT molecular complexity index is 876. The maximum absolute atomic E-state index is 10.6. The lowest BCUT2D eigenvalue weighted by atomic mass is 10.1. The Morgan fingerprint density at radius 3 is 2.56 bits per heavy atom. The molecule has 25 heavy (non-hydrogen) atoms. The van der Waals surface area contributed by atoms with Gasteiger partial charge in [-0.2, -0.15) is 0 Å². The van der Waals surface area contributed by atoms with E-state index in [0.717, 1.165) is 33.7 Å². The molecule has 4 heteroatoms. The van der Waals surface area contributed by atoms with Crippen molar-refractivity contribution in [2.75, 3.05) is 6.61 Å². The van der Waals surface area contributed by atoms with Crippen LogP contribution in [0.5, 0.6) is 5.75 Å². The molecule has 1 aliphatic rings. The van der Waals surface area contributed by atoms with Crippen molar-refractivity contribution in [2.24, 2.45) is 0 Å². The largest absolute Gasteiger partial charge is 0.490 e. The molecular weight excluding hydrogens is 312 g/mol. The second-order valence-corrected chi connectivity index (χ2v) is 7.03. The van der Waals surface area contributed by atoms with Gasteiger partial charge in [0.15, 0.2) is 0 Å². The minimum atomic E-state index is -0.575. The maximum Gasteiger partial charge on any atom is 0.125 e. The number of benzene rings is 2. The summed E-state index contributed by atoms with van der Waals surface area (Å²) in [6, 6.07) is 14.2. The fourth-order valence-electron chi connectivity index (χ4n) is 3.41. The summed E-state index contributed by atoms with van der Waals surface area (Å²) in [5, 5.41) is 10.6. The molecule has 0 unspecified atom stereocenters. The van der Waals surface area contributed by atoms with Gasteiger partial charge >= 0.3 is 0 Å². The topological polar surface area (TPSA) is 47.3 Å². The van der Waals surface area contributed by atoms with E-state index in [1.165, 1.54) is 12.8 Å². The fourth-order valence-corrected chi connectivity index (χ4v) is 3.41. The highest BCUT2D eigenvalue weighted by Crippen LogP contribution is 2.40. The van der Waals surface area contributed by atoms with E-state index in [0.29, 0.717) is 12.5 Å². The number of aryl methyl sites for hydroxylation is 2. The molecule has 0 spiro atoms. The van der Waals surface area contributed by atoms with E-state index < -0.39 is 6.10 Å². The summed E-state index contributed by atoms with van der Waals surface area (Å²) < 4.78 is 8.09. The van der Waals surface area contributed by atoms with Crippen molar-refractivity contribution >= 4 is 11.0 Å². The van der Waals surface area contributed by atoms with Crippen molar-refractivity contribution in [3.05, 3.63) is 59.4 Å². The first-order valence-corrected chi connectivity index (χ1v) is 8.95. The van der Waals surface area contributed by atoms with Gasteiger partial charge in [-0.05, 0) is 49.9 Å². The summed E-state index contributed by atoms with van der Waals surface area (Å²) in [6.45, 7) is 4.85. The van der Waals surface area contributed by atoms with Crippen LogP contribution < -0.4 is 4.74 Å². The molecule has 0 saturated heterocycles. The van der Waals surface area contributed by atoms with Gasteiger partial charge in [-0.1, -0.05) is 30.3 Å². The number of fused-ring (bicyclic) bond motifs is 1. The number of hydrogen-bond acceptors (Lipinski definition) is 3. The lowest BCUT2D eigenvalue weighted by Crippen LogP contribution is -2.25. The highest BCUT2D eigenvalue weighted by atomic mass is 16.5. The minimum absolute atomic E-state index is 0.280. The van der Waals surface area contributed by atoms with Crippen LogP contribution in [0.15, 0.2) is 42.5 Å². The van der Waals surface area contributed by atoms with Gasteiger partial charge in [-0.25, -0.2) is 4.98 Å². The summed E-state index contributed by atoms with van der Waals surface area (Å²) in [5.41, 5.74) is 4.29. The number of rotatable bonds is 6. The van der Waals surface area contributed by atoms with Gasteiger partial charge in [-0.15, -0.1) is 0 Å². The molecule has 0 bridgehead atoms. The highest BCUT2D eigenvalue weighted by Gasteiger charge is 2.30. The Labute approximate surface area is 148 Å². The predicted molar refractivity (Wildman–Crippen MR) is 99.1 cm³/mol. The normalized spacial score (nSPS) is 15.5. The van der Waals surface area contributed by atoms with E-state index in [9.17, 15) is 5.11 Å². The lowest BCUT2D eigenvalue weighted by molar-refractivity contribution is 0.0920. The van der Waals surface area contributed by atoms with Crippen LogP contribution in [0.2, 0.25) is 0 Å². The summed E-state index contributed by atoms with van der Waals surface area (Å²) in [5.74, 6) is 2.52. The van der Waals surface area contributed by atoms with Crippen molar-refractivity contribution in [3.63, 3.8) is 0 Å². The van der Waals surface area contributed by atoms with Gasteiger partial charge in [0, 0.05) is 5.92 Å². The van der Waals surface area contributed by atoms with Gasteiger partial charge < -0.3 is 14.4 Å².